The van der Waals surface area contributed by atoms with Gasteiger partial charge in [-0.2, -0.15) is 0 Å². The molecule has 2 amide bonds. The van der Waals surface area contributed by atoms with Gasteiger partial charge in [0, 0.05) is 13.1 Å². The summed E-state index contributed by atoms with van der Waals surface area (Å²) in [6.07, 6.45) is 0.861. The van der Waals surface area contributed by atoms with Gasteiger partial charge in [0.1, 0.15) is 11.6 Å². The van der Waals surface area contributed by atoms with Gasteiger partial charge in [-0.15, -0.1) is 0 Å². The molecular formula is C14H22N2O5. The van der Waals surface area contributed by atoms with Crippen molar-refractivity contribution in [3.63, 3.8) is 0 Å². The summed E-state index contributed by atoms with van der Waals surface area (Å²) in [7, 11) is 0. The minimum Gasteiger partial charge on any atom is -0.480 e. The van der Waals surface area contributed by atoms with Crippen molar-refractivity contribution in [2.75, 3.05) is 13.1 Å². The number of carboxylic acid groups (broad SMARTS) is 1. The largest absolute Gasteiger partial charge is 0.480 e. The van der Waals surface area contributed by atoms with Crippen molar-refractivity contribution in [2.24, 2.45) is 5.41 Å². The van der Waals surface area contributed by atoms with Crippen LogP contribution in [0.1, 0.15) is 40.0 Å². The molecule has 0 radical (unpaired) electrons. The minimum absolute atomic E-state index is 0.102. The first-order valence-corrected chi connectivity index (χ1v) is 7.15. The summed E-state index contributed by atoms with van der Waals surface area (Å²) in [5.41, 5.74) is -1.50. The van der Waals surface area contributed by atoms with Gasteiger partial charge in [-0.05, 0) is 40.0 Å². The number of nitrogens with one attached hydrogen (secondary N) is 1. The highest BCUT2D eigenvalue weighted by molar-refractivity contribution is 5.89. The number of carboxylic acids is 1. The van der Waals surface area contributed by atoms with Crippen LogP contribution in [-0.4, -0.2) is 52.7 Å². The highest BCUT2D eigenvalue weighted by atomic mass is 16.6. The van der Waals surface area contributed by atoms with Gasteiger partial charge >= 0.3 is 12.1 Å². The Bertz CT molecular complexity index is 470. The van der Waals surface area contributed by atoms with Crippen LogP contribution in [0.2, 0.25) is 0 Å². The molecule has 2 atom stereocenters. The Labute approximate surface area is 123 Å². The van der Waals surface area contributed by atoms with Crippen LogP contribution in [0.4, 0.5) is 4.79 Å². The monoisotopic (exact) mass is 298 g/mol. The molecule has 0 aromatic heterocycles. The molecule has 0 aliphatic carbocycles. The molecule has 2 aliphatic heterocycles. The Morgan fingerprint density at radius 2 is 2.10 bits per heavy atom. The summed E-state index contributed by atoms with van der Waals surface area (Å²) in [5.74, 6) is -1.26. The summed E-state index contributed by atoms with van der Waals surface area (Å²) in [4.78, 5) is 37.0. The summed E-state index contributed by atoms with van der Waals surface area (Å²) in [6, 6.07) is -1.01. The number of aliphatic carboxylic acids is 1. The van der Waals surface area contributed by atoms with Crippen LogP contribution in [0, 0.1) is 5.41 Å². The molecule has 0 aromatic rings. The lowest BCUT2D eigenvalue weighted by molar-refractivity contribution is -0.142. The fourth-order valence-corrected chi connectivity index (χ4v) is 2.99. The molecule has 2 saturated heterocycles. The Balaban J connectivity index is 2.21. The molecule has 2 rings (SSSR count). The summed E-state index contributed by atoms with van der Waals surface area (Å²) in [6.45, 7) is 5.87. The van der Waals surface area contributed by atoms with Gasteiger partial charge in [0.05, 0.1) is 5.41 Å². The third-order valence-corrected chi connectivity index (χ3v) is 3.95. The zero-order valence-electron chi connectivity index (χ0n) is 12.6. The number of carbonyl (C=O) groups excluding carboxylic acids is 2. The van der Waals surface area contributed by atoms with Gasteiger partial charge in [-0.1, -0.05) is 0 Å². The van der Waals surface area contributed by atoms with E-state index < -0.39 is 29.1 Å². The quantitative estimate of drug-likeness (QED) is 0.752. The predicted octanol–water partition coefficient (Wildman–Crippen LogP) is 0.977. The third-order valence-electron chi connectivity index (χ3n) is 3.95. The number of piperidine rings is 1. The Kier molecular flexibility index (Phi) is 3.86. The van der Waals surface area contributed by atoms with Crippen LogP contribution in [0.25, 0.3) is 0 Å². The molecule has 7 heteroatoms. The van der Waals surface area contributed by atoms with Crippen LogP contribution in [0.15, 0.2) is 0 Å². The second-order valence-corrected chi connectivity index (χ2v) is 6.81. The van der Waals surface area contributed by atoms with Gasteiger partial charge in [0.25, 0.3) is 0 Å². The van der Waals surface area contributed by atoms with Crippen molar-refractivity contribution in [2.45, 2.75) is 51.7 Å². The molecule has 0 bridgehead atoms. The second-order valence-electron chi connectivity index (χ2n) is 6.81. The van der Waals surface area contributed by atoms with Crippen LogP contribution in [0.3, 0.4) is 0 Å². The van der Waals surface area contributed by atoms with E-state index in [0.29, 0.717) is 13.0 Å². The molecule has 1 spiro atoms. The molecule has 0 aromatic carbocycles. The van der Waals surface area contributed by atoms with E-state index >= 15 is 0 Å². The highest BCUT2D eigenvalue weighted by Crippen LogP contribution is 2.41. The lowest BCUT2D eigenvalue weighted by Gasteiger charge is -2.32. The predicted molar refractivity (Wildman–Crippen MR) is 73.7 cm³/mol. The average Bonchev–Trinajstić information content (AvgIpc) is 2.72. The molecule has 2 heterocycles. The van der Waals surface area contributed by atoms with E-state index in [0.717, 1.165) is 6.42 Å². The number of nitrogens with zero attached hydrogens (tertiary/aromatic N) is 1. The van der Waals surface area contributed by atoms with Crippen molar-refractivity contribution < 1.29 is 24.2 Å². The van der Waals surface area contributed by atoms with E-state index in [4.69, 9.17) is 4.74 Å². The standard InChI is InChI=1S/C14H22N2O5/c1-13(2,3)21-12(20)16-8-14(7-9(16)10(17)18)5-4-6-15-11(14)19/h9H,4-8H2,1-3H3,(H,15,19)(H,17,18)/t9-,14+/m0/s1. The smallest absolute Gasteiger partial charge is 0.411 e. The molecule has 2 N–H and O–H groups in total. The number of hydrogen-bond acceptors (Lipinski definition) is 4. The molecule has 7 nitrogen and oxygen atoms in total. The zero-order valence-corrected chi connectivity index (χ0v) is 12.6. The van der Waals surface area contributed by atoms with Crippen LogP contribution < -0.4 is 5.32 Å². The second kappa shape index (κ2) is 5.20. The van der Waals surface area contributed by atoms with Crippen molar-refractivity contribution in [3.05, 3.63) is 0 Å². The Hall–Kier alpha value is -1.79. The van der Waals surface area contributed by atoms with E-state index in [9.17, 15) is 19.5 Å². The zero-order chi connectivity index (χ0) is 15.8. The molecular weight excluding hydrogens is 276 g/mol. The number of ether oxygens (including phenoxy) is 1. The van der Waals surface area contributed by atoms with Gasteiger partial charge in [-0.3, -0.25) is 9.69 Å². The van der Waals surface area contributed by atoms with Crippen molar-refractivity contribution in [1.29, 1.82) is 0 Å². The molecule has 0 unspecified atom stereocenters. The maximum atomic E-state index is 12.2. The van der Waals surface area contributed by atoms with E-state index in [-0.39, 0.29) is 18.9 Å². The van der Waals surface area contributed by atoms with Gasteiger partial charge < -0.3 is 15.2 Å². The van der Waals surface area contributed by atoms with E-state index in [1.165, 1.54) is 4.90 Å². The SMILES string of the molecule is CC(C)(C)OC(=O)N1C[C@@]2(CCCNC2=O)C[C@H]1C(=O)O. The third kappa shape index (κ3) is 3.11. The summed E-state index contributed by atoms with van der Waals surface area (Å²) in [5, 5.41) is 12.1. The van der Waals surface area contributed by atoms with E-state index in [2.05, 4.69) is 5.32 Å². The topological polar surface area (TPSA) is 95.9 Å². The molecule has 2 fully saturated rings. The van der Waals surface area contributed by atoms with Crippen LogP contribution in [0.5, 0.6) is 0 Å². The van der Waals surface area contributed by atoms with Crippen molar-refractivity contribution in [1.82, 2.24) is 10.2 Å². The van der Waals surface area contributed by atoms with Gasteiger partial charge in [0.2, 0.25) is 5.91 Å². The number of hydrogen-bond donors (Lipinski definition) is 2. The number of amides is 2. The Morgan fingerprint density at radius 1 is 1.43 bits per heavy atom. The first kappa shape index (κ1) is 15.6. The normalized spacial score (nSPS) is 29.4. The number of carbonyl (C=O) groups is 3. The summed E-state index contributed by atoms with van der Waals surface area (Å²) < 4.78 is 5.26. The molecule has 0 saturated carbocycles. The maximum absolute atomic E-state index is 12.2. The fourth-order valence-electron chi connectivity index (χ4n) is 2.99. The van der Waals surface area contributed by atoms with Gasteiger partial charge in [-0.25, -0.2) is 9.59 Å². The number of rotatable bonds is 1. The molecule has 2 aliphatic rings. The fraction of sp³-hybridized carbons (Fsp3) is 0.786. The van der Waals surface area contributed by atoms with E-state index in [1.807, 2.05) is 0 Å². The lowest BCUT2D eigenvalue weighted by Crippen LogP contribution is -2.48. The summed E-state index contributed by atoms with van der Waals surface area (Å²) >= 11 is 0. The molecule has 21 heavy (non-hydrogen) atoms. The van der Waals surface area contributed by atoms with Crippen LogP contribution in [-0.2, 0) is 14.3 Å². The first-order valence-electron chi connectivity index (χ1n) is 7.15. The van der Waals surface area contributed by atoms with E-state index in [1.54, 1.807) is 20.8 Å². The highest BCUT2D eigenvalue weighted by Gasteiger charge is 2.54. The van der Waals surface area contributed by atoms with Crippen molar-refractivity contribution in [3.8, 4) is 0 Å². The van der Waals surface area contributed by atoms with Crippen LogP contribution >= 0.6 is 0 Å². The van der Waals surface area contributed by atoms with Crippen molar-refractivity contribution >= 4 is 18.0 Å². The van der Waals surface area contributed by atoms with Gasteiger partial charge in [0.15, 0.2) is 0 Å². The maximum Gasteiger partial charge on any atom is 0.411 e. The lowest BCUT2D eigenvalue weighted by atomic mass is 9.78. The Morgan fingerprint density at radius 3 is 2.62 bits per heavy atom. The number of likely N-dealkylation sites (tertiary alicyclic amines) is 1. The first-order chi connectivity index (χ1) is 9.65. The average molecular weight is 298 g/mol. The molecule has 118 valence electrons. The minimum atomic E-state index is -1.10.